The second-order valence-corrected chi connectivity index (χ2v) is 10.6. The van der Waals surface area contributed by atoms with Crippen LogP contribution in [-0.2, 0) is 0 Å². The number of carbonyl (C=O) groups is 1. The number of aromatic nitrogens is 1. The van der Waals surface area contributed by atoms with E-state index >= 15 is 0 Å². The monoisotopic (exact) mass is 549 g/mol. The lowest BCUT2D eigenvalue weighted by atomic mass is 9.91. The zero-order valence-electron chi connectivity index (χ0n) is 19.9. The molecule has 0 radical (unpaired) electrons. The number of pyridine rings is 1. The molecule has 3 heterocycles. The minimum absolute atomic E-state index is 0.0263. The maximum atomic E-state index is 13.9. The topological polar surface area (TPSA) is 65.8 Å². The number of halogens is 4. The molecule has 2 aliphatic heterocycles. The minimum Gasteiger partial charge on any atom is -0.502 e. The van der Waals surface area contributed by atoms with Gasteiger partial charge in [-0.3, -0.25) is 19.3 Å². The van der Waals surface area contributed by atoms with Crippen LogP contribution in [0.1, 0.15) is 58.7 Å². The summed E-state index contributed by atoms with van der Waals surface area (Å²) in [6.45, 7) is 2.48. The number of rotatable bonds is 3. The van der Waals surface area contributed by atoms with Crippen molar-refractivity contribution in [2.24, 2.45) is 0 Å². The number of hydrogen-bond acceptors (Lipinski definition) is 5. The van der Waals surface area contributed by atoms with Gasteiger partial charge in [0, 0.05) is 33.0 Å². The van der Waals surface area contributed by atoms with E-state index in [1.807, 2.05) is 36.4 Å². The Hall–Kier alpha value is -3.11. The number of carbonyl (C=O) groups excluding carboxylic acids is 1. The van der Waals surface area contributed by atoms with Gasteiger partial charge in [-0.2, -0.15) is 13.2 Å². The first-order valence-corrected chi connectivity index (χ1v) is 12.9. The van der Waals surface area contributed by atoms with Gasteiger partial charge in [-0.15, -0.1) is 11.8 Å². The molecule has 0 bridgehead atoms. The van der Waals surface area contributed by atoms with Crippen molar-refractivity contribution in [3.63, 3.8) is 0 Å². The molecule has 1 aromatic heterocycles. The lowest BCUT2D eigenvalue weighted by Crippen LogP contribution is -2.60. The van der Waals surface area contributed by atoms with E-state index in [1.165, 1.54) is 10.9 Å². The molecule has 0 aliphatic carbocycles. The molecule has 0 spiro atoms. The van der Waals surface area contributed by atoms with Crippen LogP contribution in [0.2, 0.25) is 5.02 Å². The third-order valence-electron chi connectivity index (χ3n) is 6.89. The quantitative estimate of drug-likeness (QED) is 0.443. The fourth-order valence-corrected chi connectivity index (χ4v) is 6.52. The Labute approximate surface area is 220 Å². The van der Waals surface area contributed by atoms with Crippen LogP contribution in [0.4, 0.5) is 13.2 Å². The molecule has 1 amide bonds. The number of thioether (sulfide) groups is 1. The normalized spacial score (nSPS) is 20.1. The standard InChI is InChI=1S/C26H23ClF3N3O3S/c1-3-19-15-8-6-9-17(27)21(15)22(16-7-4-5-10-20(16)37-19)33-13-31(14(2)26(28,29)30)25(36)23-24(35)18(34)11-12-32(23)33/h4-12,14,19,22,35H,3,13H2,1-2H3/t14?,19-,22+/m1/s1. The summed E-state index contributed by atoms with van der Waals surface area (Å²) in [5.74, 6) is -1.99. The van der Waals surface area contributed by atoms with Crippen molar-refractivity contribution in [3.05, 3.63) is 92.4 Å². The Morgan fingerprint density at radius 1 is 1.11 bits per heavy atom. The van der Waals surface area contributed by atoms with E-state index in [9.17, 15) is 27.9 Å². The van der Waals surface area contributed by atoms with Gasteiger partial charge in [0.1, 0.15) is 18.8 Å². The Balaban J connectivity index is 1.82. The van der Waals surface area contributed by atoms with Crippen LogP contribution in [0.5, 0.6) is 5.75 Å². The van der Waals surface area contributed by atoms with Gasteiger partial charge in [0.25, 0.3) is 5.91 Å². The number of hydrogen-bond donors (Lipinski definition) is 1. The Bertz CT molecular complexity index is 1440. The molecule has 1 N–H and O–H groups in total. The van der Waals surface area contributed by atoms with E-state index in [1.54, 1.807) is 22.8 Å². The van der Waals surface area contributed by atoms with Crippen LogP contribution in [0, 0.1) is 0 Å². The smallest absolute Gasteiger partial charge is 0.408 e. The van der Waals surface area contributed by atoms with Crippen LogP contribution in [0.25, 0.3) is 0 Å². The molecule has 2 aromatic carbocycles. The SMILES string of the molecule is CC[C@H]1Sc2ccccc2[C@H](N2CN(C(C)C(F)(F)F)C(=O)c3c(O)c(=O)ccn32)c2c(Cl)cccc21. The summed E-state index contributed by atoms with van der Waals surface area (Å²) in [5.41, 5.74) is 1.04. The van der Waals surface area contributed by atoms with Crippen molar-refractivity contribution in [1.82, 2.24) is 9.58 Å². The first kappa shape index (κ1) is 25.5. The van der Waals surface area contributed by atoms with Gasteiger partial charge in [-0.05, 0) is 36.6 Å². The second kappa shape index (κ2) is 9.33. The number of amides is 1. The molecule has 0 fully saturated rings. The minimum atomic E-state index is -4.73. The highest BCUT2D eigenvalue weighted by molar-refractivity contribution is 7.99. The molecule has 5 rings (SSSR count). The Morgan fingerprint density at radius 2 is 1.81 bits per heavy atom. The first-order chi connectivity index (χ1) is 17.5. The number of benzene rings is 2. The lowest BCUT2D eigenvalue weighted by molar-refractivity contribution is -0.173. The molecule has 194 valence electrons. The Kier molecular flexibility index (Phi) is 6.44. The highest BCUT2D eigenvalue weighted by atomic mass is 35.5. The summed E-state index contributed by atoms with van der Waals surface area (Å²) in [6, 6.07) is 11.3. The van der Waals surface area contributed by atoms with E-state index in [4.69, 9.17) is 11.6 Å². The van der Waals surface area contributed by atoms with Crippen LogP contribution >= 0.6 is 23.4 Å². The van der Waals surface area contributed by atoms with Gasteiger partial charge < -0.3 is 10.0 Å². The molecule has 3 aromatic rings. The van der Waals surface area contributed by atoms with Crippen LogP contribution in [0.3, 0.4) is 0 Å². The van der Waals surface area contributed by atoms with E-state index in [0.717, 1.165) is 35.4 Å². The van der Waals surface area contributed by atoms with Crippen LogP contribution in [-0.4, -0.2) is 39.5 Å². The number of aromatic hydroxyl groups is 1. The van der Waals surface area contributed by atoms with Crippen molar-refractivity contribution in [2.45, 2.75) is 48.7 Å². The average molecular weight is 550 g/mol. The summed E-state index contributed by atoms with van der Waals surface area (Å²) in [4.78, 5) is 27.1. The van der Waals surface area contributed by atoms with Gasteiger partial charge in [0.05, 0.1) is 0 Å². The molecule has 0 saturated heterocycles. The van der Waals surface area contributed by atoms with Crippen molar-refractivity contribution in [1.29, 1.82) is 0 Å². The summed E-state index contributed by atoms with van der Waals surface area (Å²) in [7, 11) is 0. The van der Waals surface area contributed by atoms with Gasteiger partial charge >= 0.3 is 6.18 Å². The van der Waals surface area contributed by atoms with Gasteiger partial charge in [-0.25, -0.2) is 0 Å². The fraction of sp³-hybridized carbons (Fsp3) is 0.308. The van der Waals surface area contributed by atoms with Crippen LogP contribution in [0.15, 0.2) is 64.4 Å². The molecular weight excluding hydrogens is 527 g/mol. The van der Waals surface area contributed by atoms with Gasteiger partial charge in [0.15, 0.2) is 11.4 Å². The predicted molar refractivity (Wildman–Crippen MR) is 136 cm³/mol. The third kappa shape index (κ3) is 4.16. The second-order valence-electron chi connectivity index (χ2n) is 8.99. The zero-order valence-corrected chi connectivity index (χ0v) is 21.4. The largest absolute Gasteiger partial charge is 0.502 e. The van der Waals surface area contributed by atoms with Gasteiger partial charge in [-0.1, -0.05) is 48.9 Å². The average Bonchev–Trinajstić information content (AvgIpc) is 3.00. The van der Waals surface area contributed by atoms with Gasteiger partial charge in [0.2, 0.25) is 5.43 Å². The summed E-state index contributed by atoms with van der Waals surface area (Å²) in [5, 5.41) is 12.6. The molecule has 37 heavy (non-hydrogen) atoms. The molecule has 6 nitrogen and oxygen atoms in total. The first-order valence-electron chi connectivity index (χ1n) is 11.7. The molecule has 11 heteroatoms. The third-order valence-corrected chi connectivity index (χ3v) is 8.72. The maximum Gasteiger partial charge on any atom is 0.408 e. The van der Waals surface area contributed by atoms with Crippen LogP contribution < -0.4 is 10.4 Å². The van der Waals surface area contributed by atoms with Crippen molar-refractivity contribution in [3.8, 4) is 5.75 Å². The lowest BCUT2D eigenvalue weighted by Gasteiger charge is -2.46. The molecule has 3 atom stereocenters. The highest BCUT2D eigenvalue weighted by Gasteiger charge is 2.48. The molecule has 0 saturated carbocycles. The number of alkyl halides is 3. The Morgan fingerprint density at radius 3 is 2.51 bits per heavy atom. The molecular formula is C26H23ClF3N3O3S. The van der Waals surface area contributed by atoms with Crippen molar-refractivity contribution in [2.75, 3.05) is 11.7 Å². The van der Waals surface area contributed by atoms with E-state index in [2.05, 4.69) is 6.92 Å². The highest BCUT2D eigenvalue weighted by Crippen LogP contribution is 2.51. The maximum absolute atomic E-state index is 13.9. The number of fused-ring (bicyclic) bond motifs is 3. The summed E-state index contributed by atoms with van der Waals surface area (Å²) >= 11 is 8.44. The van der Waals surface area contributed by atoms with E-state index in [0.29, 0.717) is 15.5 Å². The van der Waals surface area contributed by atoms with Crippen molar-refractivity contribution >= 4 is 29.3 Å². The zero-order chi connectivity index (χ0) is 26.6. The fourth-order valence-electron chi connectivity index (χ4n) is 4.96. The summed E-state index contributed by atoms with van der Waals surface area (Å²) < 4.78 is 42.9. The predicted octanol–water partition coefficient (Wildman–Crippen LogP) is 5.86. The summed E-state index contributed by atoms with van der Waals surface area (Å²) in [6.07, 6.45) is -2.65. The van der Waals surface area contributed by atoms with E-state index in [-0.39, 0.29) is 5.25 Å². The molecule has 2 aliphatic rings. The van der Waals surface area contributed by atoms with E-state index < -0.39 is 47.7 Å². The van der Waals surface area contributed by atoms with Crippen molar-refractivity contribution < 1.29 is 23.1 Å². The molecule has 1 unspecified atom stereocenters. The number of nitrogens with zero attached hydrogens (tertiary/aromatic N) is 3.